The summed E-state index contributed by atoms with van der Waals surface area (Å²) in [7, 11) is 0. The first-order valence-electron chi connectivity index (χ1n) is 8.94. The lowest BCUT2D eigenvalue weighted by Crippen LogP contribution is -2.42. The molecule has 1 aromatic carbocycles. The van der Waals surface area contributed by atoms with Gasteiger partial charge < -0.3 is 14.5 Å². The molecule has 2 aromatic rings. The van der Waals surface area contributed by atoms with Gasteiger partial charge in [-0.2, -0.15) is 0 Å². The molecule has 2 atom stereocenters. The van der Waals surface area contributed by atoms with E-state index < -0.39 is 5.97 Å². The fourth-order valence-corrected chi connectivity index (χ4v) is 3.46. The highest BCUT2D eigenvalue weighted by Crippen LogP contribution is 2.24. The van der Waals surface area contributed by atoms with Crippen LogP contribution in [0.15, 0.2) is 28.9 Å². The topological polar surface area (TPSA) is 68.5 Å². The summed E-state index contributed by atoms with van der Waals surface area (Å²) < 4.78 is 10.6. The smallest absolute Gasteiger partial charge is 0.310 e. The summed E-state index contributed by atoms with van der Waals surface area (Å²) in [5, 5.41) is 3.89. The predicted octanol–water partition coefficient (Wildman–Crippen LogP) is 3.52. The minimum absolute atomic E-state index is 0.100. The van der Waals surface area contributed by atoms with Crippen LogP contribution in [0.1, 0.15) is 43.7 Å². The van der Waals surface area contributed by atoms with Gasteiger partial charge in [-0.3, -0.25) is 9.59 Å². The van der Waals surface area contributed by atoms with Crippen molar-refractivity contribution in [2.24, 2.45) is 5.92 Å². The molecule has 5 heteroatoms. The third-order valence-electron chi connectivity index (χ3n) is 4.97. The molecule has 0 aliphatic heterocycles. The Morgan fingerprint density at radius 3 is 2.88 bits per heavy atom. The van der Waals surface area contributed by atoms with Gasteiger partial charge in [0.05, 0.1) is 12.7 Å². The molecule has 1 aliphatic carbocycles. The Kier molecular flexibility index (Phi) is 5.41. The second-order valence-corrected chi connectivity index (χ2v) is 7.03. The van der Waals surface area contributed by atoms with E-state index in [0.717, 1.165) is 41.4 Å². The number of carbonyl (C=O) groups excluding carboxylic acids is 2. The van der Waals surface area contributed by atoms with Crippen molar-refractivity contribution in [3.63, 3.8) is 0 Å². The average Bonchev–Trinajstić information content (AvgIpc) is 2.97. The van der Waals surface area contributed by atoms with Crippen molar-refractivity contribution in [1.29, 1.82) is 0 Å². The van der Waals surface area contributed by atoms with Crippen LogP contribution < -0.4 is 5.32 Å². The monoisotopic (exact) mass is 343 g/mol. The summed E-state index contributed by atoms with van der Waals surface area (Å²) in [6.07, 6.45) is 6.18. The largest absolute Gasteiger partial charge is 0.464 e. The van der Waals surface area contributed by atoms with Gasteiger partial charge in [0.25, 0.3) is 5.91 Å². The van der Waals surface area contributed by atoms with Crippen LogP contribution >= 0.6 is 0 Å². The Bertz CT molecular complexity index is 764. The Balaban J connectivity index is 1.49. The van der Waals surface area contributed by atoms with Crippen LogP contribution in [0.3, 0.4) is 0 Å². The molecule has 1 saturated carbocycles. The number of carbonyl (C=O) groups is 2. The van der Waals surface area contributed by atoms with E-state index in [0.29, 0.717) is 5.92 Å². The number of esters is 1. The number of hydrogen-bond donors (Lipinski definition) is 1. The maximum atomic E-state index is 12.0. The zero-order chi connectivity index (χ0) is 17.8. The number of benzene rings is 1. The lowest BCUT2D eigenvalue weighted by Gasteiger charge is -2.29. The molecule has 0 bridgehead atoms. The van der Waals surface area contributed by atoms with E-state index in [1.54, 1.807) is 6.26 Å². The van der Waals surface area contributed by atoms with Crippen LogP contribution in [0.25, 0.3) is 11.0 Å². The molecule has 134 valence electrons. The van der Waals surface area contributed by atoms with E-state index in [9.17, 15) is 9.59 Å². The van der Waals surface area contributed by atoms with Gasteiger partial charge in [-0.25, -0.2) is 0 Å². The molecule has 1 fully saturated rings. The molecule has 1 N–H and O–H groups in total. The van der Waals surface area contributed by atoms with E-state index in [-0.39, 0.29) is 25.0 Å². The second kappa shape index (κ2) is 7.72. The van der Waals surface area contributed by atoms with E-state index in [4.69, 9.17) is 9.15 Å². The molecular formula is C20H25NO4. The summed E-state index contributed by atoms with van der Waals surface area (Å²) >= 11 is 0. The van der Waals surface area contributed by atoms with Crippen molar-refractivity contribution in [1.82, 2.24) is 5.32 Å². The summed E-state index contributed by atoms with van der Waals surface area (Å²) in [6.45, 7) is 3.92. The van der Waals surface area contributed by atoms with Crippen molar-refractivity contribution in [3.05, 3.63) is 35.6 Å². The van der Waals surface area contributed by atoms with Crippen LogP contribution in [-0.2, 0) is 20.7 Å². The number of ether oxygens (including phenoxy) is 1. The normalized spacial score (nSPS) is 20.4. The van der Waals surface area contributed by atoms with Gasteiger partial charge in [-0.1, -0.05) is 31.9 Å². The molecule has 1 heterocycles. The number of nitrogens with one attached hydrogen (secondary N) is 1. The number of fused-ring (bicyclic) bond motifs is 1. The molecule has 0 unspecified atom stereocenters. The molecule has 0 spiro atoms. The summed E-state index contributed by atoms with van der Waals surface area (Å²) in [6, 6.07) is 6.04. The lowest BCUT2D eigenvalue weighted by atomic mass is 9.86. The third kappa shape index (κ3) is 4.41. The van der Waals surface area contributed by atoms with Gasteiger partial charge in [0.1, 0.15) is 5.58 Å². The SMILES string of the molecule is Cc1ccc2c(CC(=O)OCC(=O)N[C@H]3CCCC[C@@H]3C)coc2c1. The Morgan fingerprint density at radius 1 is 1.28 bits per heavy atom. The van der Waals surface area contributed by atoms with Crippen LogP contribution in [0, 0.1) is 12.8 Å². The number of amides is 1. The predicted molar refractivity (Wildman–Crippen MR) is 95.2 cm³/mol. The van der Waals surface area contributed by atoms with Crippen LogP contribution in [-0.4, -0.2) is 24.5 Å². The molecule has 5 nitrogen and oxygen atoms in total. The van der Waals surface area contributed by atoms with Gasteiger partial charge in [0.2, 0.25) is 0 Å². The van der Waals surface area contributed by atoms with Crippen LogP contribution in [0.5, 0.6) is 0 Å². The standard InChI is InChI=1S/C20H25NO4/c1-13-7-8-16-15(11-24-18(16)9-13)10-20(23)25-12-19(22)21-17-6-4-3-5-14(17)2/h7-9,11,14,17H,3-6,10,12H2,1-2H3,(H,21,22)/t14-,17-/m0/s1. The van der Waals surface area contributed by atoms with Crippen molar-refractivity contribution < 1.29 is 18.7 Å². The summed E-state index contributed by atoms with van der Waals surface area (Å²) in [5.74, 6) is -0.163. The van der Waals surface area contributed by atoms with E-state index >= 15 is 0 Å². The molecule has 1 amide bonds. The summed E-state index contributed by atoms with van der Waals surface area (Å²) in [4.78, 5) is 24.0. The molecule has 1 aliphatic rings. The van der Waals surface area contributed by atoms with Gasteiger partial charge in [-0.15, -0.1) is 0 Å². The van der Waals surface area contributed by atoms with Crippen LogP contribution in [0.2, 0.25) is 0 Å². The lowest BCUT2D eigenvalue weighted by molar-refractivity contribution is -0.148. The Morgan fingerprint density at radius 2 is 2.08 bits per heavy atom. The highest BCUT2D eigenvalue weighted by molar-refractivity contribution is 5.87. The first-order valence-corrected chi connectivity index (χ1v) is 8.94. The fourth-order valence-electron chi connectivity index (χ4n) is 3.46. The summed E-state index contributed by atoms with van der Waals surface area (Å²) in [5.41, 5.74) is 2.64. The fraction of sp³-hybridized carbons (Fsp3) is 0.500. The molecule has 0 radical (unpaired) electrons. The minimum atomic E-state index is -0.421. The van der Waals surface area contributed by atoms with Gasteiger partial charge in [0.15, 0.2) is 6.61 Å². The first kappa shape index (κ1) is 17.5. The van der Waals surface area contributed by atoms with E-state index in [2.05, 4.69) is 12.2 Å². The zero-order valence-electron chi connectivity index (χ0n) is 14.8. The van der Waals surface area contributed by atoms with Crippen molar-refractivity contribution >= 4 is 22.8 Å². The molecule has 1 aromatic heterocycles. The quantitative estimate of drug-likeness (QED) is 0.844. The number of aryl methyl sites for hydroxylation is 1. The Labute approximate surface area is 147 Å². The zero-order valence-corrected chi connectivity index (χ0v) is 14.8. The second-order valence-electron chi connectivity index (χ2n) is 7.03. The molecular weight excluding hydrogens is 318 g/mol. The van der Waals surface area contributed by atoms with Crippen molar-refractivity contribution in [2.75, 3.05) is 6.61 Å². The van der Waals surface area contributed by atoms with Crippen molar-refractivity contribution in [2.45, 2.75) is 52.0 Å². The number of hydrogen-bond acceptors (Lipinski definition) is 4. The molecule has 3 rings (SSSR count). The average molecular weight is 343 g/mol. The highest BCUT2D eigenvalue weighted by atomic mass is 16.5. The van der Waals surface area contributed by atoms with Crippen LogP contribution in [0.4, 0.5) is 0 Å². The molecule has 0 saturated heterocycles. The number of rotatable bonds is 5. The highest BCUT2D eigenvalue weighted by Gasteiger charge is 2.23. The molecule has 25 heavy (non-hydrogen) atoms. The first-order chi connectivity index (χ1) is 12.0. The van der Waals surface area contributed by atoms with E-state index in [1.165, 1.54) is 6.42 Å². The van der Waals surface area contributed by atoms with Gasteiger partial charge in [-0.05, 0) is 37.3 Å². The van der Waals surface area contributed by atoms with Gasteiger partial charge >= 0.3 is 5.97 Å². The minimum Gasteiger partial charge on any atom is -0.464 e. The van der Waals surface area contributed by atoms with Crippen molar-refractivity contribution in [3.8, 4) is 0 Å². The maximum Gasteiger partial charge on any atom is 0.310 e. The third-order valence-corrected chi connectivity index (χ3v) is 4.97. The maximum absolute atomic E-state index is 12.0. The van der Waals surface area contributed by atoms with E-state index in [1.807, 2.05) is 25.1 Å². The number of furan rings is 1. The Hall–Kier alpha value is -2.30. The van der Waals surface area contributed by atoms with Gasteiger partial charge in [0, 0.05) is 17.0 Å².